The van der Waals surface area contributed by atoms with Crippen LogP contribution in [0.2, 0.25) is 5.28 Å². The van der Waals surface area contributed by atoms with Crippen molar-refractivity contribution in [2.45, 2.75) is 19.4 Å². The van der Waals surface area contributed by atoms with E-state index in [1.807, 2.05) is 6.07 Å². The lowest BCUT2D eigenvalue weighted by molar-refractivity contribution is 0.877. The molecule has 0 atom stereocenters. The summed E-state index contributed by atoms with van der Waals surface area (Å²) in [5, 5.41) is 3.43. The molecule has 3 rings (SSSR count). The summed E-state index contributed by atoms with van der Waals surface area (Å²) in [6, 6.07) is 4.09. The van der Waals surface area contributed by atoms with E-state index in [1.165, 1.54) is 17.7 Å². The normalized spacial score (nSPS) is 14.8. The molecule has 1 fully saturated rings. The molecule has 3 heterocycles. The van der Waals surface area contributed by atoms with Crippen molar-refractivity contribution < 1.29 is 0 Å². The van der Waals surface area contributed by atoms with E-state index in [-0.39, 0.29) is 5.28 Å². The Hall–Kier alpha value is -0.920. The van der Waals surface area contributed by atoms with Gasteiger partial charge in [-0.15, -0.1) is 11.3 Å². The van der Waals surface area contributed by atoms with E-state index in [0.717, 1.165) is 16.9 Å². The first-order chi connectivity index (χ1) is 9.70. The van der Waals surface area contributed by atoms with Crippen LogP contribution >= 0.6 is 38.9 Å². The number of halogens is 2. The Balaban J connectivity index is 1.72. The summed E-state index contributed by atoms with van der Waals surface area (Å²) in [6.45, 7) is 2.64. The van der Waals surface area contributed by atoms with Crippen LogP contribution in [0, 0.1) is 0 Å². The van der Waals surface area contributed by atoms with Crippen molar-refractivity contribution in [3.05, 3.63) is 26.1 Å². The van der Waals surface area contributed by atoms with Gasteiger partial charge in [0, 0.05) is 18.0 Å². The van der Waals surface area contributed by atoms with Gasteiger partial charge in [0.1, 0.15) is 0 Å². The Kier molecular flexibility index (Phi) is 4.38. The van der Waals surface area contributed by atoms with Gasteiger partial charge in [-0.3, -0.25) is 0 Å². The summed E-state index contributed by atoms with van der Waals surface area (Å²) in [6.07, 6.45) is 2.35. The zero-order valence-corrected chi connectivity index (χ0v) is 13.8. The summed E-state index contributed by atoms with van der Waals surface area (Å²) in [4.78, 5) is 16.1. The summed E-state index contributed by atoms with van der Waals surface area (Å²) in [7, 11) is 0. The van der Waals surface area contributed by atoms with E-state index in [0.29, 0.717) is 18.4 Å². The van der Waals surface area contributed by atoms with Crippen LogP contribution in [0.4, 0.5) is 11.9 Å². The van der Waals surface area contributed by atoms with Crippen LogP contribution < -0.4 is 10.2 Å². The fourth-order valence-corrected chi connectivity index (χ4v) is 3.67. The molecular formula is C12H13BrClN5S. The first kappa shape index (κ1) is 14.0. The molecule has 1 N–H and O–H groups in total. The minimum atomic E-state index is 0.233. The third kappa shape index (κ3) is 3.39. The van der Waals surface area contributed by atoms with Gasteiger partial charge in [-0.25, -0.2) is 0 Å². The predicted octanol–water partition coefficient (Wildman–Crippen LogP) is 3.56. The number of hydrogen-bond acceptors (Lipinski definition) is 6. The molecule has 106 valence electrons. The second kappa shape index (κ2) is 6.24. The van der Waals surface area contributed by atoms with Crippen molar-refractivity contribution in [1.29, 1.82) is 0 Å². The van der Waals surface area contributed by atoms with E-state index in [1.54, 1.807) is 11.3 Å². The molecule has 20 heavy (non-hydrogen) atoms. The highest BCUT2D eigenvalue weighted by Crippen LogP contribution is 2.23. The van der Waals surface area contributed by atoms with Crippen molar-refractivity contribution in [2.75, 3.05) is 23.3 Å². The van der Waals surface area contributed by atoms with Crippen LogP contribution in [0.1, 0.15) is 17.7 Å². The SMILES string of the molecule is Clc1nc(NCc2ccc(Br)s2)nc(N2CCCC2)n1. The van der Waals surface area contributed by atoms with Crippen LogP contribution in [0.25, 0.3) is 0 Å². The molecule has 0 amide bonds. The van der Waals surface area contributed by atoms with Crippen molar-refractivity contribution >= 4 is 50.8 Å². The summed E-state index contributed by atoms with van der Waals surface area (Å²) < 4.78 is 1.11. The Bertz CT molecular complexity index is 599. The Labute approximate surface area is 134 Å². The molecule has 0 radical (unpaired) electrons. The lowest BCUT2D eigenvalue weighted by Gasteiger charge is -2.15. The highest BCUT2D eigenvalue weighted by Gasteiger charge is 2.16. The summed E-state index contributed by atoms with van der Waals surface area (Å²) in [5.41, 5.74) is 0. The molecule has 2 aromatic rings. The third-order valence-corrected chi connectivity index (χ3v) is 4.83. The number of aromatic nitrogens is 3. The number of rotatable bonds is 4. The van der Waals surface area contributed by atoms with Crippen molar-refractivity contribution in [3.63, 3.8) is 0 Å². The lowest BCUT2D eigenvalue weighted by atomic mass is 10.4. The molecule has 0 aromatic carbocycles. The van der Waals surface area contributed by atoms with Crippen LogP contribution in [-0.4, -0.2) is 28.0 Å². The number of nitrogens with one attached hydrogen (secondary N) is 1. The van der Waals surface area contributed by atoms with Crippen molar-refractivity contribution in [3.8, 4) is 0 Å². The second-order valence-corrected chi connectivity index (χ2v) is 7.37. The standard InChI is InChI=1S/C12H13BrClN5S/c13-9-4-3-8(20-9)7-15-11-16-10(14)17-12(18-11)19-5-1-2-6-19/h3-4H,1-2,5-7H2,(H,15,16,17,18). The van der Waals surface area contributed by atoms with E-state index in [9.17, 15) is 0 Å². The molecule has 0 unspecified atom stereocenters. The van der Waals surface area contributed by atoms with Gasteiger partial charge in [0.15, 0.2) is 0 Å². The largest absolute Gasteiger partial charge is 0.349 e. The van der Waals surface area contributed by atoms with Gasteiger partial charge in [-0.05, 0) is 52.5 Å². The lowest BCUT2D eigenvalue weighted by Crippen LogP contribution is -2.21. The highest BCUT2D eigenvalue weighted by atomic mass is 79.9. The first-order valence-corrected chi connectivity index (χ1v) is 8.34. The highest BCUT2D eigenvalue weighted by molar-refractivity contribution is 9.11. The topological polar surface area (TPSA) is 53.9 Å². The average molecular weight is 375 g/mol. The molecule has 5 nitrogen and oxygen atoms in total. The van der Waals surface area contributed by atoms with Gasteiger partial charge in [0.05, 0.1) is 10.3 Å². The minimum absolute atomic E-state index is 0.233. The number of anilines is 2. The maximum absolute atomic E-state index is 5.98. The monoisotopic (exact) mass is 373 g/mol. The second-order valence-electron chi connectivity index (χ2n) is 4.48. The van der Waals surface area contributed by atoms with Crippen LogP contribution in [0.5, 0.6) is 0 Å². The van der Waals surface area contributed by atoms with Crippen LogP contribution in [0.15, 0.2) is 15.9 Å². The fourth-order valence-electron chi connectivity index (χ4n) is 2.09. The Morgan fingerprint density at radius 3 is 2.75 bits per heavy atom. The molecule has 0 spiro atoms. The average Bonchev–Trinajstić information content (AvgIpc) is 3.07. The smallest absolute Gasteiger partial charge is 0.231 e. The van der Waals surface area contributed by atoms with Crippen molar-refractivity contribution in [1.82, 2.24) is 15.0 Å². The van der Waals surface area contributed by atoms with Gasteiger partial charge < -0.3 is 10.2 Å². The van der Waals surface area contributed by atoms with Crippen LogP contribution in [0.3, 0.4) is 0 Å². The summed E-state index contributed by atoms with van der Waals surface area (Å²) in [5.74, 6) is 1.19. The molecule has 0 saturated carbocycles. The maximum atomic E-state index is 5.98. The molecule has 8 heteroatoms. The molecule has 0 bridgehead atoms. The first-order valence-electron chi connectivity index (χ1n) is 6.35. The summed E-state index contributed by atoms with van der Waals surface area (Å²) >= 11 is 11.1. The van der Waals surface area contributed by atoms with E-state index < -0.39 is 0 Å². The number of nitrogens with zero attached hydrogens (tertiary/aromatic N) is 4. The maximum Gasteiger partial charge on any atom is 0.231 e. The van der Waals surface area contributed by atoms with Crippen LogP contribution in [-0.2, 0) is 6.54 Å². The molecular weight excluding hydrogens is 362 g/mol. The fraction of sp³-hybridized carbons (Fsp3) is 0.417. The van der Waals surface area contributed by atoms with Gasteiger partial charge >= 0.3 is 0 Å². The molecule has 1 aliphatic rings. The number of hydrogen-bond donors (Lipinski definition) is 1. The molecule has 1 saturated heterocycles. The number of thiophene rings is 1. The predicted molar refractivity (Wildman–Crippen MR) is 85.6 cm³/mol. The molecule has 0 aliphatic carbocycles. The van der Waals surface area contributed by atoms with Gasteiger partial charge in [0.25, 0.3) is 0 Å². The zero-order chi connectivity index (χ0) is 13.9. The van der Waals surface area contributed by atoms with Crippen molar-refractivity contribution in [2.24, 2.45) is 0 Å². The van der Waals surface area contributed by atoms with Gasteiger partial charge in [-0.1, -0.05) is 0 Å². The minimum Gasteiger partial charge on any atom is -0.349 e. The molecule has 2 aromatic heterocycles. The van der Waals surface area contributed by atoms with E-state index >= 15 is 0 Å². The quantitative estimate of drug-likeness (QED) is 0.887. The van der Waals surface area contributed by atoms with E-state index in [4.69, 9.17) is 11.6 Å². The van der Waals surface area contributed by atoms with Gasteiger partial charge in [-0.2, -0.15) is 15.0 Å². The molecule has 1 aliphatic heterocycles. The third-order valence-electron chi connectivity index (χ3n) is 3.03. The van der Waals surface area contributed by atoms with Gasteiger partial charge in [0.2, 0.25) is 17.2 Å². The Morgan fingerprint density at radius 1 is 1.25 bits per heavy atom. The Morgan fingerprint density at radius 2 is 2.05 bits per heavy atom. The zero-order valence-electron chi connectivity index (χ0n) is 10.6. The van der Waals surface area contributed by atoms with E-state index in [2.05, 4.69) is 47.2 Å².